The molecule has 0 spiro atoms. The van der Waals surface area contributed by atoms with E-state index in [1.165, 1.54) is 12.1 Å². The Balaban J connectivity index is 1.99. The summed E-state index contributed by atoms with van der Waals surface area (Å²) in [6.45, 7) is 0. The van der Waals surface area contributed by atoms with Crippen molar-refractivity contribution >= 4 is 23.5 Å². The van der Waals surface area contributed by atoms with Crippen molar-refractivity contribution in [1.29, 1.82) is 0 Å². The number of nitrogens with zero attached hydrogens (tertiary/aromatic N) is 1. The maximum absolute atomic E-state index is 11.7. The van der Waals surface area contributed by atoms with Crippen LogP contribution in [-0.2, 0) is 15.3 Å². The molecule has 0 amide bonds. The Morgan fingerprint density at radius 2 is 1.86 bits per heavy atom. The van der Waals surface area contributed by atoms with Crippen molar-refractivity contribution in [3.05, 3.63) is 64.7 Å². The van der Waals surface area contributed by atoms with E-state index in [2.05, 4.69) is 10.5 Å². The minimum Gasteiger partial charge on any atom is -0.507 e. The molecule has 1 aliphatic heterocycles. The van der Waals surface area contributed by atoms with Crippen molar-refractivity contribution < 1.29 is 19.7 Å². The van der Waals surface area contributed by atoms with Gasteiger partial charge in [-0.3, -0.25) is 5.43 Å². The summed E-state index contributed by atoms with van der Waals surface area (Å²) in [5.74, 6) is -1.42. The predicted octanol–water partition coefficient (Wildman–Crippen LogP) is 2.26. The van der Waals surface area contributed by atoms with E-state index in [-0.39, 0.29) is 17.2 Å². The number of phenols is 1. The molecule has 6 nitrogen and oxygen atoms in total. The van der Waals surface area contributed by atoms with Crippen LogP contribution in [0.5, 0.6) is 5.75 Å². The number of hydrogen-bond acceptors (Lipinski definition) is 5. The Labute approximate surface area is 130 Å². The molecule has 1 atom stereocenters. The highest BCUT2D eigenvalue weighted by molar-refractivity contribution is 6.30. The lowest BCUT2D eigenvalue weighted by Gasteiger charge is -2.24. The molecule has 22 heavy (non-hydrogen) atoms. The van der Waals surface area contributed by atoms with Crippen LogP contribution in [0.25, 0.3) is 0 Å². The van der Waals surface area contributed by atoms with E-state index in [9.17, 15) is 15.0 Å². The summed E-state index contributed by atoms with van der Waals surface area (Å²) >= 11 is 5.82. The SMILES string of the molecule is O=C(O)C1(c2ccccc2O)NN=C(c2ccc(Cl)cc2)O1. The van der Waals surface area contributed by atoms with Gasteiger partial charge in [0.2, 0.25) is 5.90 Å². The first-order chi connectivity index (χ1) is 10.5. The van der Waals surface area contributed by atoms with Gasteiger partial charge in [0.1, 0.15) is 5.75 Å². The smallest absolute Gasteiger partial charge is 0.376 e. The van der Waals surface area contributed by atoms with Gasteiger partial charge in [0.15, 0.2) is 0 Å². The van der Waals surface area contributed by atoms with Crippen molar-refractivity contribution in [2.45, 2.75) is 5.72 Å². The Hall–Kier alpha value is -2.73. The van der Waals surface area contributed by atoms with Gasteiger partial charge in [-0.1, -0.05) is 23.7 Å². The number of carbonyl (C=O) groups is 1. The molecule has 0 bridgehead atoms. The van der Waals surface area contributed by atoms with E-state index in [4.69, 9.17) is 16.3 Å². The number of hydrazone groups is 1. The number of aliphatic carboxylic acids is 1. The normalized spacial score (nSPS) is 20.0. The maximum Gasteiger partial charge on any atom is 0.376 e. The van der Waals surface area contributed by atoms with Crippen LogP contribution in [0, 0.1) is 0 Å². The zero-order valence-electron chi connectivity index (χ0n) is 11.2. The van der Waals surface area contributed by atoms with E-state index in [1.54, 1.807) is 36.4 Å². The van der Waals surface area contributed by atoms with E-state index in [0.717, 1.165) is 0 Å². The highest BCUT2D eigenvalue weighted by atomic mass is 35.5. The summed E-state index contributed by atoms with van der Waals surface area (Å²) in [4.78, 5) is 11.7. The monoisotopic (exact) mass is 318 g/mol. The second kappa shape index (κ2) is 5.23. The molecule has 7 heteroatoms. The fourth-order valence-electron chi connectivity index (χ4n) is 2.13. The molecule has 1 heterocycles. The van der Waals surface area contributed by atoms with Gasteiger partial charge in [-0.25, -0.2) is 4.79 Å². The summed E-state index contributed by atoms with van der Waals surface area (Å²) in [5, 5.41) is 24.0. The average Bonchev–Trinajstić information content (AvgIpc) is 2.95. The van der Waals surface area contributed by atoms with Crippen molar-refractivity contribution in [3.8, 4) is 5.75 Å². The van der Waals surface area contributed by atoms with Crippen molar-refractivity contribution in [1.82, 2.24) is 5.43 Å². The standard InChI is InChI=1S/C15H11ClN2O4/c16-10-7-5-9(6-8-10)13-17-18-15(22-13,14(20)21)11-3-1-2-4-12(11)19/h1-8,18-19H,(H,20,21). The van der Waals surface area contributed by atoms with Crippen LogP contribution in [0.1, 0.15) is 11.1 Å². The lowest BCUT2D eigenvalue weighted by atomic mass is 10.0. The Bertz CT molecular complexity index is 760. The first-order valence-electron chi connectivity index (χ1n) is 6.34. The second-order valence-corrected chi connectivity index (χ2v) is 5.08. The van der Waals surface area contributed by atoms with Crippen LogP contribution in [0.3, 0.4) is 0 Å². The van der Waals surface area contributed by atoms with E-state index in [0.29, 0.717) is 10.6 Å². The number of ether oxygens (including phenoxy) is 1. The van der Waals surface area contributed by atoms with Crippen LogP contribution in [0.4, 0.5) is 0 Å². The van der Waals surface area contributed by atoms with Gasteiger partial charge in [-0.15, -0.1) is 5.10 Å². The Kier molecular flexibility index (Phi) is 3.38. The van der Waals surface area contributed by atoms with Gasteiger partial charge in [-0.05, 0) is 36.4 Å². The Morgan fingerprint density at radius 3 is 2.50 bits per heavy atom. The number of carboxylic acid groups (broad SMARTS) is 1. The van der Waals surface area contributed by atoms with E-state index < -0.39 is 11.7 Å². The highest BCUT2D eigenvalue weighted by Gasteiger charge is 2.49. The fourth-order valence-corrected chi connectivity index (χ4v) is 2.26. The van der Waals surface area contributed by atoms with E-state index >= 15 is 0 Å². The molecule has 0 aromatic heterocycles. The molecular weight excluding hydrogens is 308 g/mol. The number of phenolic OH excluding ortho intramolecular Hbond substituents is 1. The van der Waals surface area contributed by atoms with Gasteiger partial charge in [-0.2, -0.15) is 0 Å². The largest absolute Gasteiger partial charge is 0.507 e. The molecule has 2 aromatic carbocycles. The van der Waals surface area contributed by atoms with Crippen LogP contribution >= 0.6 is 11.6 Å². The number of aromatic hydroxyl groups is 1. The molecule has 3 N–H and O–H groups in total. The molecule has 0 radical (unpaired) electrons. The van der Waals surface area contributed by atoms with E-state index in [1.807, 2.05) is 0 Å². The zero-order chi connectivity index (χ0) is 15.7. The number of halogens is 1. The van der Waals surface area contributed by atoms with Crippen LogP contribution in [0.2, 0.25) is 5.02 Å². The molecule has 3 rings (SSSR count). The molecule has 0 saturated carbocycles. The highest BCUT2D eigenvalue weighted by Crippen LogP contribution is 2.34. The zero-order valence-corrected chi connectivity index (χ0v) is 11.9. The number of carboxylic acids is 1. The second-order valence-electron chi connectivity index (χ2n) is 4.64. The Morgan fingerprint density at radius 1 is 1.18 bits per heavy atom. The molecule has 1 unspecified atom stereocenters. The lowest BCUT2D eigenvalue weighted by Crippen LogP contribution is -2.46. The van der Waals surface area contributed by atoms with Crippen LogP contribution < -0.4 is 5.43 Å². The fraction of sp³-hybridized carbons (Fsp3) is 0.0667. The van der Waals surface area contributed by atoms with Crippen molar-refractivity contribution in [2.75, 3.05) is 0 Å². The molecule has 2 aromatic rings. The number of rotatable bonds is 3. The molecule has 0 fully saturated rings. The minimum absolute atomic E-state index is 0.0650. The summed E-state index contributed by atoms with van der Waals surface area (Å²) in [5.41, 5.74) is 1.12. The summed E-state index contributed by atoms with van der Waals surface area (Å²) < 4.78 is 5.54. The van der Waals surface area contributed by atoms with Gasteiger partial charge >= 0.3 is 11.7 Å². The third kappa shape index (κ3) is 2.23. The topological polar surface area (TPSA) is 91.2 Å². The quantitative estimate of drug-likeness (QED) is 0.807. The summed E-state index contributed by atoms with van der Waals surface area (Å²) in [6.07, 6.45) is 0. The lowest BCUT2D eigenvalue weighted by molar-refractivity contribution is -0.159. The number of para-hydroxylation sites is 1. The summed E-state index contributed by atoms with van der Waals surface area (Å²) in [6, 6.07) is 12.6. The van der Waals surface area contributed by atoms with Gasteiger partial charge in [0.05, 0.1) is 5.56 Å². The van der Waals surface area contributed by atoms with Crippen LogP contribution in [0.15, 0.2) is 53.6 Å². The predicted molar refractivity (Wildman–Crippen MR) is 79.6 cm³/mol. The molecule has 112 valence electrons. The molecular formula is C15H11ClN2O4. The maximum atomic E-state index is 11.7. The van der Waals surface area contributed by atoms with Gasteiger partial charge in [0.25, 0.3) is 0 Å². The first-order valence-corrected chi connectivity index (χ1v) is 6.72. The third-order valence-electron chi connectivity index (χ3n) is 3.24. The molecule has 0 aliphatic carbocycles. The number of benzene rings is 2. The van der Waals surface area contributed by atoms with Crippen molar-refractivity contribution in [2.24, 2.45) is 5.10 Å². The number of hydrogen-bond donors (Lipinski definition) is 3. The molecule has 0 saturated heterocycles. The van der Waals surface area contributed by atoms with Crippen LogP contribution in [-0.4, -0.2) is 22.1 Å². The third-order valence-corrected chi connectivity index (χ3v) is 3.49. The van der Waals surface area contributed by atoms with Gasteiger partial charge in [0, 0.05) is 10.6 Å². The number of nitrogens with one attached hydrogen (secondary N) is 1. The summed E-state index contributed by atoms with van der Waals surface area (Å²) in [7, 11) is 0. The average molecular weight is 319 g/mol. The van der Waals surface area contributed by atoms with Crippen molar-refractivity contribution in [3.63, 3.8) is 0 Å². The molecule has 1 aliphatic rings. The first kappa shape index (κ1) is 14.2. The minimum atomic E-state index is -1.97. The van der Waals surface area contributed by atoms with Gasteiger partial charge < -0.3 is 14.9 Å².